The highest BCUT2D eigenvalue weighted by Gasteiger charge is 2.77. The first-order valence-electron chi connectivity index (χ1n) is 15.2. The van der Waals surface area contributed by atoms with Gasteiger partial charge in [-0.05, 0) is 19.1 Å². The third kappa shape index (κ3) is 5.28. The summed E-state index contributed by atoms with van der Waals surface area (Å²) in [5.41, 5.74) is -3.10. The van der Waals surface area contributed by atoms with Crippen molar-refractivity contribution in [3.8, 4) is 0 Å². The van der Waals surface area contributed by atoms with Crippen LogP contribution in [-0.4, -0.2) is 82.2 Å². The Morgan fingerprint density at radius 3 is 2.13 bits per heavy atom. The number of carbonyl (C=O) groups excluding carboxylic acids is 5. The molecule has 1 unspecified atom stereocenters. The van der Waals surface area contributed by atoms with Crippen molar-refractivity contribution in [1.82, 2.24) is 0 Å². The third-order valence-corrected chi connectivity index (χ3v) is 10.8. The summed E-state index contributed by atoms with van der Waals surface area (Å²) >= 11 is 6.87. The number of hydrogen-bond donors (Lipinski definition) is 1. The quantitative estimate of drug-likeness (QED) is 0.212. The van der Waals surface area contributed by atoms with Crippen LogP contribution in [0.25, 0.3) is 0 Å². The number of benzene rings is 1. The highest BCUT2D eigenvalue weighted by atomic mass is 35.5. The molecule has 1 saturated carbocycles. The van der Waals surface area contributed by atoms with E-state index in [0.717, 1.165) is 0 Å². The second-order valence-corrected chi connectivity index (χ2v) is 13.4. The van der Waals surface area contributed by atoms with Crippen molar-refractivity contribution in [3.63, 3.8) is 0 Å². The van der Waals surface area contributed by atoms with Crippen LogP contribution in [0.3, 0.4) is 0 Å². The minimum Gasteiger partial charge on any atom is -0.462 e. The van der Waals surface area contributed by atoms with Crippen molar-refractivity contribution in [2.75, 3.05) is 0 Å². The number of alkyl halides is 1. The second kappa shape index (κ2) is 12.0. The Labute approximate surface area is 271 Å². The normalized spacial score (nSPS) is 41.4. The molecule has 250 valence electrons. The SMILES string of the molecule is C=C1[C@H](Cl)[C@@H]2OC(=O)C(C)[C@]23O[C@@]1(O)C[C@H](OC(C)=O)[C@]1(C)[C@H]([C@@H](C)[C@H](OC(=O)c2ccccc2)C[C@@H]1OC(C)=O)[C@@H]3OC(C)=O. The molecule has 1 aromatic carbocycles. The smallest absolute Gasteiger partial charge is 0.338 e. The van der Waals surface area contributed by atoms with Crippen LogP contribution in [-0.2, 0) is 47.6 Å². The van der Waals surface area contributed by atoms with E-state index in [1.807, 2.05) is 0 Å². The average Bonchev–Trinajstić information content (AvgIpc) is 3.22. The summed E-state index contributed by atoms with van der Waals surface area (Å²) in [4.78, 5) is 64.9. The lowest BCUT2D eigenvalue weighted by Gasteiger charge is -2.63. The van der Waals surface area contributed by atoms with Gasteiger partial charge in [-0.1, -0.05) is 38.6 Å². The Morgan fingerprint density at radius 2 is 1.54 bits per heavy atom. The van der Waals surface area contributed by atoms with Crippen molar-refractivity contribution in [2.24, 2.45) is 23.2 Å². The van der Waals surface area contributed by atoms with E-state index in [-0.39, 0.29) is 17.6 Å². The summed E-state index contributed by atoms with van der Waals surface area (Å²) in [6.45, 7) is 12.5. The van der Waals surface area contributed by atoms with E-state index in [0.29, 0.717) is 0 Å². The molecule has 2 bridgehead atoms. The molecule has 0 aromatic heterocycles. The molecule has 0 radical (unpaired) electrons. The van der Waals surface area contributed by atoms with Gasteiger partial charge in [0.2, 0.25) is 0 Å². The number of aliphatic hydroxyl groups is 1. The maximum Gasteiger partial charge on any atom is 0.338 e. The summed E-state index contributed by atoms with van der Waals surface area (Å²) in [6.07, 6.45) is -6.47. The first-order valence-corrected chi connectivity index (χ1v) is 15.6. The molecule has 4 aliphatic rings. The molecule has 1 spiro atoms. The van der Waals surface area contributed by atoms with Gasteiger partial charge in [0.25, 0.3) is 0 Å². The number of esters is 5. The summed E-state index contributed by atoms with van der Waals surface area (Å²) < 4.78 is 36.2. The molecule has 3 saturated heterocycles. The van der Waals surface area contributed by atoms with Gasteiger partial charge in [0.1, 0.15) is 24.4 Å². The van der Waals surface area contributed by atoms with Crippen LogP contribution in [0.5, 0.6) is 0 Å². The molecule has 0 amide bonds. The first kappa shape index (κ1) is 33.9. The summed E-state index contributed by atoms with van der Waals surface area (Å²) in [6, 6.07) is 8.31. The number of ether oxygens (including phenoxy) is 6. The molecule has 12 atom stereocenters. The summed E-state index contributed by atoms with van der Waals surface area (Å²) in [7, 11) is 0. The molecule has 3 heterocycles. The third-order valence-electron chi connectivity index (χ3n) is 10.3. The predicted molar refractivity (Wildman–Crippen MR) is 159 cm³/mol. The lowest BCUT2D eigenvalue weighted by molar-refractivity contribution is -0.355. The lowest BCUT2D eigenvalue weighted by Crippen LogP contribution is -2.76. The minimum absolute atomic E-state index is 0.0311. The van der Waals surface area contributed by atoms with Gasteiger partial charge < -0.3 is 33.5 Å². The molecule has 4 fully saturated rings. The van der Waals surface area contributed by atoms with Gasteiger partial charge in [-0.2, -0.15) is 0 Å². The standard InChI is InChI=1S/C33H39ClO12/c1-15-22(44-30(39)21-11-9-8-10-12-21)13-23(41-18(4)35)31(7)24(42-19(5)36)14-32(40)16(2)26(34)28-33(46-32,17(3)29(38)45-28)27(25(15)31)43-20(6)37/h8-12,15,17,22-28,40H,2,13-14H2,1,3-7H3/t15-,17?,22+,23-,24-,25+,26-,27-,28-,31+,32-,33+/m0/s1. The Bertz CT molecular complexity index is 1450. The monoisotopic (exact) mass is 662 g/mol. The maximum absolute atomic E-state index is 13.4. The fourth-order valence-electron chi connectivity index (χ4n) is 8.07. The van der Waals surface area contributed by atoms with Crippen LogP contribution >= 0.6 is 11.6 Å². The zero-order valence-electron chi connectivity index (χ0n) is 26.5. The first-order chi connectivity index (χ1) is 21.5. The average molecular weight is 663 g/mol. The number of halogens is 1. The largest absolute Gasteiger partial charge is 0.462 e. The van der Waals surface area contributed by atoms with Gasteiger partial charge in [0.05, 0.1) is 16.9 Å². The van der Waals surface area contributed by atoms with Crippen molar-refractivity contribution in [2.45, 2.75) is 102 Å². The zero-order chi connectivity index (χ0) is 33.9. The number of fused-ring (bicyclic) bond motifs is 2. The number of rotatable bonds is 5. The van der Waals surface area contributed by atoms with E-state index < -0.39 is 107 Å². The van der Waals surface area contributed by atoms with Gasteiger partial charge >= 0.3 is 29.8 Å². The molecular formula is C33H39ClO12. The van der Waals surface area contributed by atoms with Gasteiger partial charge in [-0.15, -0.1) is 11.6 Å². The fourth-order valence-corrected chi connectivity index (χ4v) is 8.49. The number of carbonyl (C=O) groups is 5. The van der Waals surface area contributed by atoms with Crippen LogP contribution in [0.2, 0.25) is 0 Å². The highest BCUT2D eigenvalue weighted by molar-refractivity contribution is 6.23. The van der Waals surface area contributed by atoms with Gasteiger partial charge in [-0.25, -0.2) is 4.79 Å². The van der Waals surface area contributed by atoms with Gasteiger partial charge in [0, 0.05) is 56.4 Å². The molecule has 5 rings (SSSR count). The van der Waals surface area contributed by atoms with Crippen LogP contribution < -0.4 is 0 Å². The van der Waals surface area contributed by atoms with E-state index in [1.165, 1.54) is 27.7 Å². The molecule has 46 heavy (non-hydrogen) atoms. The summed E-state index contributed by atoms with van der Waals surface area (Å²) in [5, 5.41) is 11.0. The Balaban J connectivity index is 1.77. The molecule has 3 aliphatic heterocycles. The summed E-state index contributed by atoms with van der Waals surface area (Å²) in [5.74, 6) is -8.67. The molecule has 1 aromatic rings. The van der Waals surface area contributed by atoms with Crippen LogP contribution in [0, 0.1) is 23.2 Å². The highest BCUT2D eigenvalue weighted by Crippen LogP contribution is 2.63. The molecule has 1 aliphatic carbocycles. The topological polar surface area (TPSA) is 161 Å². The minimum atomic E-state index is -2.31. The van der Waals surface area contributed by atoms with Crippen LogP contribution in [0.4, 0.5) is 0 Å². The van der Waals surface area contributed by atoms with Crippen molar-refractivity contribution in [3.05, 3.63) is 48.0 Å². The Hall–Kier alpha value is -3.48. The molecular weight excluding hydrogens is 624 g/mol. The predicted octanol–water partition coefficient (Wildman–Crippen LogP) is 3.26. The van der Waals surface area contributed by atoms with Gasteiger partial charge in [0.15, 0.2) is 17.5 Å². The van der Waals surface area contributed by atoms with E-state index in [4.69, 9.17) is 40.0 Å². The Kier molecular flexibility index (Phi) is 8.80. The van der Waals surface area contributed by atoms with Gasteiger partial charge in [-0.3, -0.25) is 19.2 Å². The fraction of sp³-hybridized carbons (Fsp3) is 0.606. The van der Waals surface area contributed by atoms with E-state index >= 15 is 0 Å². The van der Waals surface area contributed by atoms with Crippen molar-refractivity contribution < 1.29 is 57.5 Å². The van der Waals surface area contributed by atoms with Crippen molar-refractivity contribution >= 4 is 41.4 Å². The molecule has 12 nitrogen and oxygen atoms in total. The lowest BCUT2D eigenvalue weighted by atomic mass is 9.51. The Morgan fingerprint density at radius 1 is 0.957 bits per heavy atom. The molecule has 13 heteroatoms. The maximum atomic E-state index is 13.4. The second-order valence-electron chi connectivity index (χ2n) is 13.0. The molecule has 1 N–H and O–H groups in total. The van der Waals surface area contributed by atoms with Crippen LogP contribution in [0.15, 0.2) is 42.5 Å². The zero-order valence-corrected chi connectivity index (χ0v) is 27.3. The van der Waals surface area contributed by atoms with Crippen molar-refractivity contribution in [1.29, 1.82) is 0 Å². The van der Waals surface area contributed by atoms with Crippen LogP contribution in [0.1, 0.15) is 64.7 Å². The van der Waals surface area contributed by atoms with E-state index in [1.54, 1.807) is 44.2 Å². The van der Waals surface area contributed by atoms with E-state index in [2.05, 4.69) is 6.58 Å². The van der Waals surface area contributed by atoms with E-state index in [9.17, 15) is 29.1 Å². The number of hydrogen-bond acceptors (Lipinski definition) is 12.